The Kier molecular flexibility index (Phi) is 8.16. The largest absolute Gasteiger partial charge is 0.490 e. The van der Waals surface area contributed by atoms with E-state index in [4.69, 9.17) is 31.0 Å². The third-order valence-electron chi connectivity index (χ3n) is 5.20. The molecule has 0 aliphatic carbocycles. The van der Waals surface area contributed by atoms with Gasteiger partial charge in [0.15, 0.2) is 0 Å². The summed E-state index contributed by atoms with van der Waals surface area (Å²) in [5.74, 6) is -2.76. The van der Waals surface area contributed by atoms with Crippen LogP contribution in [0.1, 0.15) is 29.1 Å². The highest BCUT2D eigenvalue weighted by molar-refractivity contribution is 7.09. The number of aromatic nitrogens is 1. The quantitative estimate of drug-likeness (QED) is 0.653. The van der Waals surface area contributed by atoms with Crippen LogP contribution in [0, 0.1) is 6.92 Å². The zero-order valence-corrected chi connectivity index (χ0v) is 19.0. The van der Waals surface area contributed by atoms with Crippen LogP contribution in [0.5, 0.6) is 0 Å². The molecule has 4 rings (SSSR count). The van der Waals surface area contributed by atoms with Gasteiger partial charge in [-0.15, -0.1) is 11.3 Å². The van der Waals surface area contributed by atoms with Crippen molar-refractivity contribution in [1.29, 1.82) is 0 Å². The highest BCUT2D eigenvalue weighted by Gasteiger charge is 2.47. The SMILES string of the molecule is Cc1nc(COC2CCOC3(C2)CN(Cc2ccccc2Cl)C3)cs1.O=C(O)C(F)(F)F. The van der Waals surface area contributed by atoms with Crippen LogP contribution in [0.15, 0.2) is 29.6 Å². The van der Waals surface area contributed by atoms with Gasteiger partial charge in [-0.05, 0) is 25.0 Å². The number of carboxylic acid groups (broad SMARTS) is 1. The number of aryl methyl sites for hydroxylation is 1. The molecule has 0 amide bonds. The lowest BCUT2D eigenvalue weighted by Crippen LogP contribution is -2.65. The van der Waals surface area contributed by atoms with E-state index in [2.05, 4.69) is 21.3 Å². The Bertz CT molecular complexity index is 918. The second kappa shape index (κ2) is 10.5. The first-order chi connectivity index (χ1) is 15.1. The number of carbonyl (C=O) groups is 1. The van der Waals surface area contributed by atoms with Crippen molar-refractivity contribution in [2.45, 2.75) is 50.8 Å². The molecule has 32 heavy (non-hydrogen) atoms. The Hall–Kier alpha value is -1.72. The van der Waals surface area contributed by atoms with Gasteiger partial charge in [-0.1, -0.05) is 29.8 Å². The lowest BCUT2D eigenvalue weighted by atomic mass is 9.84. The van der Waals surface area contributed by atoms with Crippen LogP contribution < -0.4 is 0 Å². The topological polar surface area (TPSA) is 71.9 Å². The van der Waals surface area contributed by atoms with Crippen LogP contribution in [0.3, 0.4) is 0 Å². The first-order valence-corrected chi connectivity index (χ1v) is 11.2. The van der Waals surface area contributed by atoms with Crippen molar-refractivity contribution in [3.8, 4) is 0 Å². The maximum Gasteiger partial charge on any atom is 0.490 e. The van der Waals surface area contributed by atoms with Gasteiger partial charge in [0.2, 0.25) is 0 Å². The van der Waals surface area contributed by atoms with E-state index in [0.29, 0.717) is 6.61 Å². The van der Waals surface area contributed by atoms with E-state index in [1.165, 1.54) is 5.56 Å². The number of halogens is 4. The predicted octanol–water partition coefficient (Wildman–Crippen LogP) is 4.69. The maximum absolute atomic E-state index is 10.6. The summed E-state index contributed by atoms with van der Waals surface area (Å²) in [4.78, 5) is 15.8. The molecule has 1 unspecified atom stereocenters. The number of benzene rings is 1. The fourth-order valence-corrected chi connectivity index (χ4v) is 4.56. The van der Waals surface area contributed by atoms with Crippen LogP contribution in [0.2, 0.25) is 5.02 Å². The monoisotopic (exact) mass is 492 g/mol. The molecule has 0 bridgehead atoms. The van der Waals surface area contributed by atoms with Crippen LogP contribution >= 0.6 is 22.9 Å². The molecule has 2 aliphatic rings. The number of likely N-dealkylation sites (tertiary alicyclic amines) is 1. The number of aliphatic carboxylic acids is 1. The van der Waals surface area contributed by atoms with Gasteiger partial charge in [0, 0.05) is 43.1 Å². The van der Waals surface area contributed by atoms with Crippen molar-refractivity contribution in [3.63, 3.8) is 0 Å². The number of thiazole rings is 1. The third kappa shape index (κ3) is 6.89. The summed E-state index contributed by atoms with van der Waals surface area (Å²) >= 11 is 7.94. The van der Waals surface area contributed by atoms with Gasteiger partial charge in [0.25, 0.3) is 0 Å². The minimum absolute atomic E-state index is 0.0395. The predicted molar refractivity (Wildman–Crippen MR) is 114 cm³/mol. The summed E-state index contributed by atoms with van der Waals surface area (Å²) in [6, 6.07) is 8.06. The minimum atomic E-state index is -5.08. The molecule has 0 saturated carbocycles. The molecule has 1 N–H and O–H groups in total. The molecule has 3 heterocycles. The number of alkyl halides is 3. The van der Waals surface area contributed by atoms with Crippen LogP contribution in [-0.2, 0) is 27.4 Å². The molecule has 2 fully saturated rings. The second-order valence-electron chi connectivity index (χ2n) is 7.85. The van der Waals surface area contributed by atoms with Gasteiger partial charge in [0.05, 0.1) is 29.0 Å². The smallest absolute Gasteiger partial charge is 0.475 e. The van der Waals surface area contributed by atoms with Crippen molar-refractivity contribution < 1.29 is 32.5 Å². The summed E-state index contributed by atoms with van der Waals surface area (Å²) in [6.45, 7) is 6.20. The Morgan fingerprint density at radius 3 is 2.69 bits per heavy atom. The van der Waals surface area contributed by atoms with Crippen molar-refractivity contribution in [3.05, 3.63) is 50.9 Å². The zero-order valence-electron chi connectivity index (χ0n) is 17.4. The second-order valence-corrected chi connectivity index (χ2v) is 9.32. The van der Waals surface area contributed by atoms with Crippen LogP contribution in [0.4, 0.5) is 13.2 Å². The van der Waals surface area contributed by atoms with Gasteiger partial charge >= 0.3 is 12.1 Å². The number of hydrogen-bond acceptors (Lipinski definition) is 6. The van der Waals surface area contributed by atoms with Gasteiger partial charge in [-0.2, -0.15) is 13.2 Å². The van der Waals surface area contributed by atoms with Gasteiger partial charge in [-0.25, -0.2) is 9.78 Å². The fraction of sp³-hybridized carbons (Fsp3) is 0.524. The number of nitrogens with zero attached hydrogens (tertiary/aromatic N) is 2. The highest BCUT2D eigenvalue weighted by atomic mass is 35.5. The number of rotatable bonds is 5. The Morgan fingerprint density at radius 1 is 1.41 bits per heavy atom. The van der Waals surface area contributed by atoms with Crippen molar-refractivity contribution in [2.75, 3.05) is 19.7 Å². The molecular weight excluding hydrogens is 469 g/mol. The lowest BCUT2D eigenvalue weighted by Gasteiger charge is -2.53. The van der Waals surface area contributed by atoms with Crippen LogP contribution in [-0.4, -0.2) is 58.5 Å². The van der Waals surface area contributed by atoms with Crippen molar-refractivity contribution >= 4 is 28.9 Å². The molecule has 0 radical (unpaired) electrons. The number of hydrogen-bond donors (Lipinski definition) is 1. The summed E-state index contributed by atoms with van der Waals surface area (Å²) in [5.41, 5.74) is 2.18. The Balaban J connectivity index is 0.000000360. The Morgan fingerprint density at radius 2 is 2.09 bits per heavy atom. The zero-order chi connectivity index (χ0) is 23.4. The molecule has 2 aliphatic heterocycles. The molecule has 2 saturated heterocycles. The molecule has 11 heteroatoms. The first-order valence-electron chi connectivity index (χ1n) is 9.99. The van der Waals surface area contributed by atoms with E-state index < -0.39 is 12.1 Å². The lowest BCUT2D eigenvalue weighted by molar-refractivity contribution is -0.200. The van der Waals surface area contributed by atoms with E-state index in [1.807, 2.05) is 25.1 Å². The normalized spacial score (nSPS) is 20.3. The summed E-state index contributed by atoms with van der Waals surface area (Å²) in [6.07, 6.45) is -2.89. The number of carboxylic acids is 1. The van der Waals surface area contributed by atoms with E-state index in [-0.39, 0.29) is 11.7 Å². The van der Waals surface area contributed by atoms with E-state index in [1.54, 1.807) is 11.3 Å². The molecule has 1 atom stereocenters. The molecule has 1 spiro atoms. The van der Waals surface area contributed by atoms with Crippen molar-refractivity contribution in [1.82, 2.24) is 9.88 Å². The minimum Gasteiger partial charge on any atom is -0.475 e. The summed E-state index contributed by atoms with van der Waals surface area (Å²) in [5, 5.41) is 11.1. The summed E-state index contributed by atoms with van der Waals surface area (Å²) in [7, 11) is 0. The molecule has 176 valence electrons. The standard InChI is InChI=1S/C19H23ClN2O2S.C2HF3O2/c1-14-21-16(11-25-14)10-23-17-6-7-24-19(8-17)12-22(13-19)9-15-4-2-3-5-18(15)20;3-2(4,5)1(6)7/h2-5,11,17H,6-10,12-13H2,1H3;(H,6,7). The first kappa shape index (κ1) is 24.9. The molecule has 6 nitrogen and oxygen atoms in total. The number of ether oxygens (including phenoxy) is 2. The fourth-order valence-electron chi connectivity index (χ4n) is 3.77. The van der Waals surface area contributed by atoms with Crippen LogP contribution in [0.25, 0.3) is 0 Å². The summed E-state index contributed by atoms with van der Waals surface area (Å²) < 4.78 is 44.0. The Labute approximate surface area is 192 Å². The molecule has 1 aromatic heterocycles. The molecule has 2 aromatic rings. The van der Waals surface area contributed by atoms with Gasteiger partial charge < -0.3 is 14.6 Å². The van der Waals surface area contributed by atoms with E-state index in [0.717, 1.165) is 54.8 Å². The molecule has 1 aromatic carbocycles. The average molecular weight is 493 g/mol. The average Bonchev–Trinajstić information content (AvgIpc) is 3.12. The van der Waals surface area contributed by atoms with Gasteiger partial charge in [0.1, 0.15) is 0 Å². The van der Waals surface area contributed by atoms with Gasteiger partial charge in [-0.3, -0.25) is 4.90 Å². The van der Waals surface area contributed by atoms with E-state index in [9.17, 15) is 13.2 Å². The van der Waals surface area contributed by atoms with Crippen molar-refractivity contribution in [2.24, 2.45) is 0 Å². The molecular formula is C21H24ClF3N2O4S. The maximum atomic E-state index is 10.6. The third-order valence-corrected chi connectivity index (χ3v) is 6.39. The highest BCUT2D eigenvalue weighted by Crippen LogP contribution is 2.36. The van der Waals surface area contributed by atoms with E-state index >= 15 is 0 Å².